The molecule has 21 heavy (non-hydrogen) atoms. The van der Waals surface area contributed by atoms with Gasteiger partial charge in [0.05, 0.1) is 0 Å². The van der Waals surface area contributed by atoms with Crippen LogP contribution in [0.2, 0.25) is 0 Å². The lowest BCUT2D eigenvalue weighted by atomic mass is 9.92. The first-order valence-corrected chi connectivity index (χ1v) is 8.29. The van der Waals surface area contributed by atoms with Gasteiger partial charge in [-0.1, -0.05) is 43.3 Å². The third-order valence-electron chi connectivity index (χ3n) is 4.11. The number of hydrogen-bond donors (Lipinski definition) is 0. The zero-order valence-corrected chi connectivity index (χ0v) is 13.9. The van der Waals surface area contributed by atoms with Gasteiger partial charge in [-0.25, -0.2) is 0 Å². The Labute approximate surface area is 137 Å². The van der Waals surface area contributed by atoms with Gasteiger partial charge in [-0.05, 0) is 58.7 Å². The van der Waals surface area contributed by atoms with Crippen molar-refractivity contribution in [2.75, 3.05) is 0 Å². The molecule has 0 aliphatic heterocycles. The SMILES string of the molecule is CC1C=Cc2oc3c(-c4ccc(I)cc4)cccc3c2C1. The Morgan fingerprint density at radius 1 is 1.10 bits per heavy atom. The van der Waals surface area contributed by atoms with E-state index in [4.69, 9.17) is 4.42 Å². The molecule has 0 amide bonds. The van der Waals surface area contributed by atoms with Crippen LogP contribution in [0.15, 0.2) is 53.0 Å². The molecule has 2 heteroatoms. The summed E-state index contributed by atoms with van der Waals surface area (Å²) in [5, 5.41) is 1.26. The smallest absolute Gasteiger partial charge is 0.142 e. The first kappa shape index (κ1) is 13.1. The van der Waals surface area contributed by atoms with E-state index in [0.717, 1.165) is 17.8 Å². The molecule has 4 rings (SSSR count). The van der Waals surface area contributed by atoms with Crippen LogP contribution in [0.1, 0.15) is 18.2 Å². The lowest BCUT2D eigenvalue weighted by Crippen LogP contribution is -2.00. The van der Waals surface area contributed by atoms with Gasteiger partial charge in [-0.2, -0.15) is 0 Å². The summed E-state index contributed by atoms with van der Waals surface area (Å²) in [7, 11) is 0. The van der Waals surface area contributed by atoms with Crippen LogP contribution in [-0.2, 0) is 6.42 Å². The van der Waals surface area contributed by atoms with Gasteiger partial charge in [-0.15, -0.1) is 0 Å². The van der Waals surface area contributed by atoms with Gasteiger partial charge in [0.2, 0.25) is 0 Å². The van der Waals surface area contributed by atoms with Crippen LogP contribution in [0, 0.1) is 9.49 Å². The Morgan fingerprint density at radius 3 is 2.71 bits per heavy atom. The fourth-order valence-corrected chi connectivity index (χ4v) is 3.39. The van der Waals surface area contributed by atoms with Gasteiger partial charge >= 0.3 is 0 Å². The minimum absolute atomic E-state index is 0.584. The summed E-state index contributed by atoms with van der Waals surface area (Å²) < 4.78 is 7.42. The zero-order chi connectivity index (χ0) is 14.4. The van der Waals surface area contributed by atoms with Crippen LogP contribution >= 0.6 is 22.6 Å². The highest BCUT2D eigenvalue weighted by atomic mass is 127. The van der Waals surface area contributed by atoms with E-state index < -0.39 is 0 Å². The molecule has 0 radical (unpaired) electrons. The standard InChI is InChI=1S/C19H15IO/c1-12-5-10-18-17(11-12)16-4-2-3-15(19(16)21-18)13-6-8-14(20)9-7-13/h2-10,12H,11H2,1H3. The van der Waals surface area contributed by atoms with E-state index in [1.807, 2.05) is 0 Å². The molecule has 104 valence electrons. The number of halogens is 1. The van der Waals surface area contributed by atoms with Crippen molar-refractivity contribution in [3.05, 3.63) is 63.4 Å². The molecule has 0 fully saturated rings. The molecule has 0 spiro atoms. The summed E-state index contributed by atoms with van der Waals surface area (Å²) in [6.07, 6.45) is 5.42. The maximum absolute atomic E-state index is 6.17. The van der Waals surface area contributed by atoms with E-state index in [0.29, 0.717) is 5.92 Å². The molecule has 2 aromatic carbocycles. The Morgan fingerprint density at radius 2 is 1.90 bits per heavy atom. The molecule has 3 aromatic rings. The molecule has 1 atom stereocenters. The second kappa shape index (κ2) is 5.02. The number of fused-ring (bicyclic) bond motifs is 3. The second-order valence-corrected chi connectivity index (χ2v) is 6.92. The van der Waals surface area contributed by atoms with Crippen molar-refractivity contribution < 1.29 is 4.42 Å². The van der Waals surface area contributed by atoms with Crippen molar-refractivity contribution in [1.29, 1.82) is 0 Å². The Hall–Kier alpha value is -1.55. The summed E-state index contributed by atoms with van der Waals surface area (Å²) in [6.45, 7) is 2.25. The Balaban J connectivity index is 1.95. The predicted octanol–water partition coefficient (Wildman–Crippen LogP) is 5.91. The van der Waals surface area contributed by atoms with Crippen LogP contribution in [-0.4, -0.2) is 0 Å². The van der Waals surface area contributed by atoms with Crippen molar-refractivity contribution in [1.82, 2.24) is 0 Å². The lowest BCUT2D eigenvalue weighted by Gasteiger charge is -2.10. The number of para-hydroxylation sites is 1. The van der Waals surface area contributed by atoms with Gasteiger partial charge in [0, 0.05) is 20.1 Å². The van der Waals surface area contributed by atoms with Crippen molar-refractivity contribution in [3.8, 4) is 11.1 Å². The maximum Gasteiger partial charge on any atom is 0.142 e. The number of benzene rings is 2. The first-order valence-electron chi connectivity index (χ1n) is 7.21. The molecule has 0 saturated carbocycles. The van der Waals surface area contributed by atoms with Crippen LogP contribution in [0.25, 0.3) is 28.2 Å². The van der Waals surface area contributed by atoms with E-state index in [2.05, 4.69) is 84.1 Å². The molecule has 1 aliphatic carbocycles. The molecule has 0 bridgehead atoms. The van der Waals surface area contributed by atoms with E-state index in [1.54, 1.807) is 0 Å². The number of furan rings is 1. The van der Waals surface area contributed by atoms with Crippen LogP contribution < -0.4 is 0 Å². The van der Waals surface area contributed by atoms with Crippen LogP contribution in [0.5, 0.6) is 0 Å². The molecule has 1 aliphatic rings. The summed E-state index contributed by atoms with van der Waals surface area (Å²) >= 11 is 2.33. The highest BCUT2D eigenvalue weighted by Crippen LogP contribution is 2.37. The molecular weight excluding hydrogens is 371 g/mol. The molecule has 1 unspecified atom stereocenters. The second-order valence-electron chi connectivity index (χ2n) is 5.67. The zero-order valence-electron chi connectivity index (χ0n) is 11.8. The highest BCUT2D eigenvalue weighted by Gasteiger charge is 2.19. The minimum Gasteiger partial charge on any atom is -0.456 e. The van der Waals surface area contributed by atoms with Gasteiger partial charge in [-0.3, -0.25) is 0 Å². The van der Waals surface area contributed by atoms with E-state index in [1.165, 1.54) is 25.6 Å². The van der Waals surface area contributed by atoms with E-state index in [9.17, 15) is 0 Å². The van der Waals surface area contributed by atoms with Crippen molar-refractivity contribution >= 4 is 39.6 Å². The lowest BCUT2D eigenvalue weighted by molar-refractivity contribution is 0.585. The molecule has 1 aromatic heterocycles. The molecule has 0 saturated heterocycles. The van der Waals surface area contributed by atoms with Crippen molar-refractivity contribution in [2.45, 2.75) is 13.3 Å². The Kier molecular flexibility index (Phi) is 3.14. The largest absolute Gasteiger partial charge is 0.456 e. The van der Waals surface area contributed by atoms with Crippen molar-refractivity contribution in [2.24, 2.45) is 5.92 Å². The van der Waals surface area contributed by atoms with Gasteiger partial charge in [0.1, 0.15) is 11.3 Å². The maximum atomic E-state index is 6.17. The van der Waals surface area contributed by atoms with E-state index >= 15 is 0 Å². The third-order valence-corrected chi connectivity index (χ3v) is 4.83. The number of rotatable bonds is 1. The molecule has 1 heterocycles. The summed E-state index contributed by atoms with van der Waals surface area (Å²) in [6, 6.07) is 15.1. The van der Waals surface area contributed by atoms with Crippen LogP contribution in [0.4, 0.5) is 0 Å². The molecule has 0 N–H and O–H groups in total. The van der Waals surface area contributed by atoms with E-state index in [-0.39, 0.29) is 0 Å². The quantitative estimate of drug-likeness (QED) is 0.474. The first-order chi connectivity index (χ1) is 10.2. The molecular formula is C19H15IO. The minimum atomic E-state index is 0.584. The third kappa shape index (κ3) is 2.22. The summed E-state index contributed by atoms with van der Waals surface area (Å²) in [5.74, 6) is 1.61. The van der Waals surface area contributed by atoms with Crippen molar-refractivity contribution in [3.63, 3.8) is 0 Å². The highest BCUT2D eigenvalue weighted by molar-refractivity contribution is 14.1. The predicted molar refractivity (Wildman–Crippen MR) is 96.3 cm³/mol. The average Bonchev–Trinajstić information content (AvgIpc) is 2.86. The summed E-state index contributed by atoms with van der Waals surface area (Å²) in [5.41, 5.74) is 4.76. The number of allylic oxidation sites excluding steroid dienone is 1. The average molecular weight is 386 g/mol. The topological polar surface area (TPSA) is 13.1 Å². The normalized spacial score (nSPS) is 17.1. The summed E-state index contributed by atoms with van der Waals surface area (Å²) in [4.78, 5) is 0. The van der Waals surface area contributed by atoms with Gasteiger partial charge in [0.15, 0.2) is 0 Å². The molecule has 1 nitrogen and oxygen atoms in total. The van der Waals surface area contributed by atoms with Gasteiger partial charge < -0.3 is 4.42 Å². The monoisotopic (exact) mass is 386 g/mol. The fourth-order valence-electron chi connectivity index (χ4n) is 3.03. The number of hydrogen-bond acceptors (Lipinski definition) is 1. The van der Waals surface area contributed by atoms with Gasteiger partial charge in [0.25, 0.3) is 0 Å². The fraction of sp³-hybridized carbons (Fsp3) is 0.158. The van der Waals surface area contributed by atoms with Crippen LogP contribution in [0.3, 0.4) is 0 Å². The Bertz CT molecular complexity index is 840.